The minimum Gasteiger partial charge on any atom is -0.309 e. The maximum absolute atomic E-state index is 13.0. The number of carbonyl (C=O) groups is 1. The molecule has 1 amide bonds. The van der Waals surface area contributed by atoms with Crippen molar-refractivity contribution < 1.29 is 4.79 Å². The van der Waals surface area contributed by atoms with Gasteiger partial charge in [-0.25, -0.2) is 4.98 Å². The summed E-state index contributed by atoms with van der Waals surface area (Å²) < 4.78 is 1.13. The summed E-state index contributed by atoms with van der Waals surface area (Å²) in [5.41, 5.74) is 4.37. The van der Waals surface area contributed by atoms with E-state index in [0.717, 1.165) is 39.4 Å². The number of thiazole rings is 1. The first-order valence-corrected chi connectivity index (χ1v) is 10.3. The highest BCUT2D eigenvalue weighted by Gasteiger charge is 2.18. The summed E-state index contributed by atoms with van der Waals surface area (Å²) in [6.07, 6.45) is 4.41. The lowest BCUT2D eigenvalue weighted by Crippen LogP contribution is -2.32. The van der Waals surface area contributed by atoms with E-state index < -0.39 is 0 Å². The van der Waals surface area contributed by atoms with Crippen molar-refractivity contribution in [1.82, 2.24) is 9.88 Å². The molecule has 1 aromatic heterocycles. The smallest absolute Gasteiger partial charge is 0.252 e. The van der Waals surface area contributed by atoms with Crippen molar-refractivity contribution in [2.24, 2.45) is 0 Å². The standard InChI is InChI=1S/C23H27N3OS/c1-17-15-18(2)22-20(16-17)28-23(24-22)26(14-8-13-25(3)4)21(27)12-11-19-9-6-5-7-10-19/h5-7,9-12,15-16H,8,13-14H2,1-4H3/b12-11+. The monoisotopic (exact) mass is 393 g/mol. The molecule has 3 aromatic rings. The van der Waals surface area contributed by atoms with Gasteiger partial charge in [0, 0.05) is 12.6 Å². The summed E-state index contributed by atoms with van der Waals surface area (Å²) >= 11 is 1.59. The van der Waals surface area contributed by atoms with E-state index in [1.807, 2.05) is 55.4 Å². The van der Waals surface area contributed by atoms with Gasteiger partial charge in [0.05, 0.1) is 10.2 Å². The van der Waals surface area contributed by atoms with E-state index in [1.165, 1.54) is 5.56 Å². The first-order valence-electron chi connectivity index (χ1n) is 9.51. The van der Waals surface area contributed by atoms with Gasteiger partial charge in [0.2, 0.25) is 0 Å². The van der Waals surface area contributed by atoms with Gasteiger partial charge in [-0.2, -0.15) is 0 Å². The van der Waals surface area contributed by atoms with E-state index in [1.54, 1.807) is 17.4 Å². The van der Waals surface area contributed by atoms with E-state index in [0.29, 0.717) is 6.54 Å². The van der Waals surface area contributed by atoms with Crippen molar-refractivity contribution >= 4 is 38.7 Å². The Kier molecular flexibility index (Phi) is 6.60. The highest BCUT2D eigenvalue weighted by atomic mass is 32.1. The number of hydrogen-bond donors (Lipinski definition) is 0. The molecule has 0 fully saturated rings. The molecule has 0 radical (unpaired) electrons. The number of hydrogen-bond acceptors (Lipinski definition) is 4. The zero-order valence-electron chi connectivity index (χ0n) is 17.0. The lowest BCUT2D eigenvalue weighted by atomic mass is 10.1. The van der Waals surface area contributed by atoms with Crippen LogP contribution in [-0.4, -0.2) is 43.0 Å². The predicted octanol–water partition coefficient (Wildman–Crippen LogP) is 4.91. The summed E-state index contributed by atoms with van der Waals surface area (Å²) in [4.78, 5) is 21.8. The van der Waals surface area contributed by atoms with Gasteiger partial charge in [-0.3, -0.25) is 9.69 Å². The second kappa shape index (κ2) is 9.13. The average molecular weight is 394 g/mol. The van der Waals surface area contributed by atoms with E-state index >= 15 is 0 Å². The number of aromatic nitrogens is 1. The quantitative estimate of drug-likeness (QED) is 0.535. The third-order valence-corrected chi connectivity index (χ3v) is 5.55. The van der Waals surface area contributed by atoms with E-state index in [2.05, 4.69) is 30.9 Å². The topological polar surface area (TPSA) is 36.4 Å². The lowest BCUT2D eigenvalue weighted by molar-refractivity contribution is -0.114. The Morgan fingerprint density at radius 3 is 2.57 bits per heavy atom. The number of nitrogens with zero attached hydrogens (tertiary/aromatic N) is 3. The Bertz CT molecular complexity index is 976. The summed E-state index contributed by atoms with van der Waals surface area (Å²) in [7, 11) is 4.09. The molecule has 146 valence electrons. The zero-order chi connectivity index (χ0) is 20.1. The normalized spacial score (nSPS) is 11.6. The van der Waals surface area contributed by atoms with Crippen LogP contribution < -0.4 is 4.90 Å². The molecule has 0 saturated carbocycles. The third kappa shape index (κ3) is 5.06. The maximum Gasteiger partial charge on any atom is 0.252 e. The lowest BCUT2D eigenvalue weighted by Gasteiger charge is -2.19. The number of aryl methyl sites for hydroxylation is 2. The first kappa shape index (κ1) is 20.2. The molecule has 0 N–H and O–H groups in total. The molecule has 4 nitrogen and oxygen atoms in total. The van der Waals surface area contributed by atoms with Gasteiger partial charge >= 0.3 is 0 Å². The molecule has 28 heavy (non-hydrogen) atoms. The van der Waals surface area contributed by atoms with Crippen molar-refractivity contribution in [3.63, 3.8) is 0 Å². The van der Waals surface area contributed by atoms with Crippen LogP contribution in [0.2, 0.25) is 0 Å². The van der Waals surface area contributed by atoms with Gasteiger partial charge < -0.3 is 4.90 Å². The minimum absolute atomic E-state index is 0.0314. The highest BCUT2D eigenvalue weighted by molar-refractivity contribution is 7.22. The largest absolute Gasteiger partial charge is 0.309 e. The Morgan fingerprint density at radius 2 is 1.86 bits per heavy atom. The van der Waals surface area contributed by atoms with Crippen LogP contribution in [0.5, 0.6) is 0 Å². The number of carbonyl (C=O) groups excluding carboxylic acids is 1. The number of anilines is 1. The summed E-state index contributed by atoms with van der Waals surface area (Å²) in [6.45, 7) is 5.74. The molecule has 0 aliphatic heterocycles. The van der Waals surface area contributed by atoms with Crippen molar-refractivity contribution in [1.29, 1.82) is 0 Å². The Labute approximate surface area is 171 Å². The highest BCUT2D eigenvalue weighted by Crippen LogP contribution is 2.32. The first-order chi connectivity index (χ1) is 13.4. The average Bonchev–Trinajstić information content (AvgIpc) is 3.08. The molecule has 1 heterocycles. The molecule has 5 heteroatoms. The molecule has 0 saturated heterocycles. The van der Waals surface area contributed by atoms with Crippen LogP contribution in [0.3, 0.4) is 0 Å². The van der Waals surface area contributed by atoms with Crippen LogP contribution in [0.4, 0.5) is 5.13 Å². The fourth-order valence-electron chi connectivity index (χ4n) is 3.14. The molecular weight excluding hydrogens is 366 g/mol. The molecule has 0 unspecified atom stereocenters. The maximum atomic E-state index is 13.0. The third-order valence-electron chi connectivity index (χ3n) is 4.52. The SMILES string of the molecule is Cc1cc(C)c2nc(N(CCCN(C)C)C(=O)/C=C/c3ccccc3)sc2c1. The van der Waals surface area contributed by atoms with Crippen molar-refractivity contribution in [3.05, 3.63) is 65.2 Å². The Morgan fingerprint density at radius 1 is 1.11 bits per heavy atom. The molecule has 0 aliphatic rings. The van der Waals surface area contributed by atoms with Crippen LogP contribution >= 0.6 is 11.3 Å². The molecule has 0 spiro atoms. The van der Waals surface area contributed by atoms with Crippen molar-refractivity contribution in [2.45, 2.75) is 20.3 Å². The summed E-state index contributed by atoms with van der Waals surface area (Å²) in [5.74, 6) is -0.0314. The fraction of sp³-hybridized carbons (Fsp3) is 0.304. The van der Waals surface area contributed by atoms with Gasteiger partial charge in [-0.05, 0) is 69.7 Å². The van der Waals surface area contributed by atoms with Gasteiger partial charge in [0.1, 0.15) is 0 Å². The van der Waals surface area contributed by atoms with Crippen molar-refractivity contribution in [3.8, 4) is 0 Å². The number of rotatable bonds is 7. The van der Waals surface area contributed by atoms with Crippen LogP contribution in [0.15, 0.2) is 48.5 Å². The van der Waals surface area contributed by atoms with Crippen LogP contribution in [0, 0.1) is 13.8 Å². The number of amides is 1. The van der Waals surface area contributed by atoms with E-state index in [-0.39, 0.29) is 5.91 Å². The van der Waals surface area contributed by atoms with E-state index in [4.69, 9.17) is 4.98 Å². The molecule has 0 atom stereocenters. The molecule has 2 aromatic carbocycles. The number of fused-ring (bicyclic) bond motifs is 1. The zero-order valence-corrected chi connectivity index (χ0v) is 17.8. The predicted molar refractivity (Wildman–Crippen MR) is 120 cm³/mol. The summed E-state index contributed by atoms with van der Waals surface area (Å²) in [6, 6.07) is 14.2. The molecular formula is C23H27N3OS. The van der Waals surface area contributed by atoms with Gasteiger partial charge in [-0.15, -0.1) is 0 Å². The second-order valence-electron chi connectivity index (χ2n) is 7.32. The van der Waals surface area contributed by atoms with Crippen molar-refractivity contribution in [2.75, 3.05) is 32.1 Å². The Hall–Kier alpha value is -2.50. The van der Waals surface area contributed by atoms with Gasteiger partial charge in [0.25, 0.3) is 5.91 Å². The van der Waals surface area contributed by atoms with Crippen LogP contribution in [-0.2, 0) is 4.79 Å². The van der Waals surface area contributed by atoms with Gasteiger partial charge in [-0.1, -0.05) is 47.7 Å². The van der Waals surface area contributed by atoms with Gasteiger partial charge in [0.15, 0.2) is 5.13 Å². The molecule has 0 aliphatic carbocycles. The fourth-order valence-corrected chi connectivity index (χ4v) is 4.31. The molecule has 3 rings (SSSR count). The number of benzene rings is 2. The molecule has 0 bridgehead atoms. The minimum atomic E-state index is -0.0314. The van der Waals surface area contributed by atoms with Crippen LogP contribution in [0.1, 0.15) is 23.1 Å². The van der Waals surface area contributed by atoms with E-state index in [9.17, 15) is 4.79 Å². The summed E-state index contributed by atoms with van der Waals surface area (Å²) in [5, 5.41) is 0.769. The van der Waals surface area contributed by atoms with Crippen LogP contribution in [0.25, 0.3) is 16.3 Å². The second-order valence-corrected chi connectivity index (χ2v) is 8.32. The Balaban J connectivity index is 1.89.